The van der Waals surface area contributed by atoms with Crippen molar-refractivity contribution in [1.82, 2.24) is 0 Å². The number of fused-ring (bicyclic) bond motifs is 3. The molecule has 0 saturated carbocycles. The predicted molar refractivity (Wildman–Crippen MR) is 299 cm³/mol. The van der Waals surface area contributed by atoms with Crippen LogP contribution in [0.15, 0.2) is 243 Å². The Balaban J connectivity index is 0.917. The highest BCUT2D eigenvalue weighted by molar-refractivity contribution is 7.25. The van der Waals surface area contributed by atoms with E-state index in [9.17, 15) is 0 Å². The van der Waals surface area contributed by atoms with Crippen LogP contribution in [0.25, 0.3) is 152 Å². The maximum atomic E-state index is 2.45. The van der Waals surface area contributed by atoms with E-state index in [1.54, 1.807) is 0 Å². The van der Waals surface area contributed by atoms with E-state index >= 15 is 0 Å². The fraction of sp³-hybridized carbons (Fsp3) is 0. The maximum Gasteiger partial charge on any atom is 0.0355 e. The van der Waals surface area contributed by atoms with Crippen molar-refractivity contribution >= 4 is 96.1 Å². The Morgan fingerprint density at radius 3 is 0.841 bits per heavy atom. The van der Waals surface area contributed by atoms with Crippen molar-refractivity contribution in [3.63, 3.8) is 0 Å². The largest absolute Gasteiger partial charge is 0.135 e. The minimum Gasteiger partial charge on any atom is -0.135 e. The molecule has 0 spiro atoms. The van der Waals surface area contributed by atoms with Gasteiger partial charge in [0.2, 0.25) is 0 Å². The van der Waals surface area contributed by atoms with Crippen molar-refractivity contribution in [1.29, 1.82) is 0 Å². The van der Waals surface area contributed by atoms with Gasteiger partial charge in [-0.1, -0.05) is 206 Å². The average molecular weight is 889 g/mol. The molecule has 0 aliphatic heterocycles. The molecule has 15 aromatic rings. The summed E-state index contributed by atoms with van der Waals surface area (Å²) >= 11 is 1.89. The van der Waals surface area contributed by atoms with E-state index in [1.807, 2.05) is 11.3 Å². The first-order valence-electron chi connectivity index (χ1n) is 23.9. The minimum atomic E-state index is 1.23. The van der Waals surface area contributed by atoms with Gasteiger partial charge in [0.25, 0.3) is 0 Å². The second-order valence-corrected chi connectivity index (χ2v) is 19.7. The lowest BCUT2D eigenvalue weighted by Crippen LogP contribution is -1.92. The fourth-order valence-corrected chi connectivity index (χ4v) is 12.9. The molecule has 0 fully saturated rings. The minimum absolute atomic E-state index is 1.23. The first kappa shape index (κ1) is 38.5. The summed E-state index contributed by atoms with van der Waals surface area (Å²) in [5.74, 6) is 0. The summed E-state index contributed by atoms with van der Waals surface area (Å²) in [6, 6.07) is 90.8. The van der Waals surface area contributed by atoms with Gasteiger partial charge in [-0.25, -0.2) is 0 Å². The predicted octanol–water partition coefficient (Wildman–Crippen LogP) is 19.9. The molecule has 0 radical (unpaired) electrons. The van der Waals surface area contributed by atoms with Crippen molar-refractivity contribution in [2.45, 2.75) is 0 Å². The number of benzene rings is 14. The second kappa shape index (κ2) is 14.9. The van der Waals surface area contributed by atoms with Crippen LogP contribution >= 0.6 is 11.3 Å². The molecule has 0 saturated heterocycles. The molecular weight excluding hydrogens is 849 g/mol. The van der Waals surface area contributed by atoms with Gasteiger partial charge in [0.1, 0.15) is 0 Å². The van der Waals surface area contributed by atoms with E-state index in [2.05, 4.69) is 243 Å². The SMILES string of the molecule is c1ccc(-c2cc(-c3ccccc3)c3ccc4c(-c5ccc6sc7ccc(-c8ccc9ccc%10c(-c%11ccccc%11)cc(-c%11ccccc%11)c%11ccc8c9c%10%11)cc7c6c5)ccc5ccc2c3c54)cc1. The van der Waals surface area contributed by atoms with Crippen LogP contribution < -0.4 is 0 Å². The van der Waals surface area contributed by atoms with Gasteiger partial charge >= 0.3 is 0 Å². The van der Waals surface area contributed by atoms with Crippen LogP contribution in [0.2, 0.25) is 0 Å². The molecule has 1 heterocycles. The molecule has 0 aliphatic rings. The van der Waals surface area contributed by atoms with Gasteiger partial charge in [0.05, 0.1) is 0 Å². The van der Waals surface area contributed by atoms with E-state index < -0.39 is 0 Å². The average Bonchev–Trinajstić information content (AvgIpc) is 3.79. The van der Waals surface area contributed by atoms with Crippen molar-refractivity contribution in [3.05, 3.63) is 243 Å². The standard InChI is InChI=1S/C68H40S/c1-5-13-41(14-6-1)57-39-59(43-17-9-3-10-18-43)55-33-31-51-49(27-21-45-23-29-53(57)67(55)65(45)51)47-25-35-63-61(37-47)62-38-48(26-36-64(62)69-63)50-28-22-46-24-30-54-58(42-15-7-2-8-16-42)40-60(44-19-11-4-12-20-44)56-34-32-52(50)66(46)68(54)56/h1-40H. The summed E-state index contributed by atoms with van der Waals surface area (Å²) in [6.45, 7) is 0. The summed E-state index contributed by atoms with van der Waals surface area (Å²) in [6.07, 6.45) is 0. The van der Waals surface area contributed by atoms with Gasteiger partial charge in [-0.2, -0.15) is 0 Å². The summed E-state index contributed by atoms with van der Waals surface area (Å²) in [7, 11) is 0. The molecule has 0 N–H and O–H groups in total. The molecule has 69 heavy (non-hydrogen) atoms. The van der Waals surface area contributed by atoms with Crippen LogP contribution in [0.4, 0.5) is 0 Å². The van der Waals surface area contributed by atoms with Gasteiger partial charge in [0.15, 0.2) is 0 Å². The van der Waals surface area contributed by atoms with E-state index in [0.29, 0.717) is 0 Å². The molecule has 14 aromatic carbocycles. The van der Waals surface area contributed by atoms with Crippen LogP contribution in [0.5, 0.6) is 0 Å². The van der Waals surface area contributed by atoms with Crippen LogP contribution in [0.1, 0.15) is 0 Å². The molecule has 0 atom stereocenters. The third kappa shape index (κ3) is 5.81. The van der Waals surface area contributed by atoms with E-state index in [1.165, 1.54) is 152 Å². The summed E-state index contributed by atoms with van der Waals surface area (Å²) in [5.41, 5.74) is 15.0. The Hall–Kier alpha value is -8.62. The lowest BCUT2D eigenvalue weighted by atomic mass is 9.84. The van der Waals surface area contributed by atoms with Gasteiger partial charge in [0, 0.05) is 20.2 Å². The van der Waals surface area contributed by atoms with E-state index in [-0.39, 0.29) is 0 Å². The zero-order chi connectivity index (χ0) is 45.2. The molecule has 318 valence electrons. The number of hydrogen-bond donors (Lipinski definition) is 0. The third-order valence-electron chi connectivity index (χ3n) is 15.0. The zero-order valence-corrected chi connectivity index (χ0v) is 38.3. The third-order valence-corrected chi connectivity index (χ3v) is 16.1. The van der Waals surface area contributed by atoms with E-state index in [4.69, 9.17) is 0 Å². The smallest absolute Gasteiger partial charge is 0.0355 e. The van der Waals surface area contributed by atoms with Crippen LogP contribution in [0.3, 0.4) is 0 Å². The lowest BCUT2D eigenvalue weighted by molar-refractivity contribution is 1.63. The van der Waals surface area contributed by atoms with Gasteiger partial charge in [-0.15, -0.1) is 11.3 Å². The molecule has 0 unspecified atom stereocenters. The van der Waals surface area contributed by atoms with Crippen LogP contribution in [-0.2, 0) is 0 Å². The summed E-state index contributed by atoms with van der Waals surface area (Å²) in [4.78, 5) is 0. The molecule has 0 nitrogen and oxygen atoms in total. The first-order chi connectivity index (χ1) is 34.2. The first-order valence-corrected chi connectivity index (χ1v) is 24.7. The summed E-state index contributed by atoms with van der Waals surface area (Å²) in [5, 5.41) is 18.2. The zero-order valence-electron chi connectivity index (χ0n) is 37.5. The highest BCUT2D eigenvalue weighted by Gasteiger charge is 2.21. The molecular formula is C68H40S. The van der Waals surface area contributed by atoms with Crippen molar-refractivity contribution in [2.75, 3.05) is 0 Å². The Bertz CT molecular complexity index is 4080. The Morgan fingerprint density at radius 1 is 0.188 bits per heavy atom. The van der Waals surface area contributed by atoms with Crippen molar-refractivity contribution < 1.29 is 0 Å². The van der Waals surface area contributed by atoms with Crippen molar-refractivity contribution in [2.24, 2.45) is 0 Å². The van der Waals surface area contributed by atoms with Crippen LogP contribution in [-0.4, -0.2) is 0 Å². The second-order valence-electron chi connectivity index (χ2n) is 18.7. The highest BCUT2D eigenvalue weighted by atomic mass is 32.1. The maximum absolute atomic E-state index is 2.45. The number of hydrogen-bond acceptors (Lipinski definition) is 1. The Labute approximate surface area is 403 Å². The monoisotopic (exact) mass is 888 g/mol. The molecule has 1 heteroatoms. The molecule has 0 aliphatic carbocycles. The van der Waals surface area contributed by atoms with E-state index in [0.717, 1.165) is 0 Å². The topological polar surface area (TPSA) is 0 Å². The normalized spacial score (nSPS) is 12.1. The van der Waals surface area contributed by atoms with Gasteiger partial charge in [-0.3, -0.25) is 0 Å². The quantitative estimate of drug-likeness (QED) is 0.146. The van der Waals surface area contributed by atoms with Gasteiger partial charge in [-0.05, 0) is 168 Å². The molecule has 15 rings (SSSR count). The van der Waals surface area contributed by atoms with Crippen LogP contribution in [0, 0.1) is 0 Å². The highest BCUT2D eigenvalue weighted by Crippen LogP contribution is 2.49. The van der Waals surface area contributed by atoms with Crippen molar-refractivity contribution in [3.8, 4) is 66.8 Å². The molecule has 0 amide bonds. The number of thiophene rings is 1. The Morgan fingerprint density at radius 2 is 0.493 bits per heavy atom. The molecule has 0 bridgehead atoms. The van der Waals surface area contributed by atoms with Gasteiger partial charge < -0.3 is 0 Å². The summed E-state index contributed by atoms with van der Waals surface area (Å²) < 4.78 is 2.61. The Kier molecular flexibility index (Phi) is 8.33. The number of rotatable bonds is 6. The lowest BCUT2D eigenvalue weighted by Gasteiger charge is -2.19. The fourth-order valence-electron chi connectivity index (χ4n) is 11.8. The molecule has 1 aromatic heterocycles.